The molecule has 0 spiro atoms. The van der Waals surface area contributed by atoms with E-state index in [1.54, 1.807) is 4.90 Å². The Morgan fingerprint density at radius 2 is 2.07 bits per heavy atom. The van der Waals surface area contributed by atoms with Gasteiger partial charge in [0.15, 0.2) is 0 Å². The topological polar surface area (TPSA) is 102 Å². The summed E-state index contributed by atoms with van der Waals surface area (Å²) < 4.78 is 0. The quantitative estimate of drug-likeness (QED) is 0.586. The molecule has 1 aromatic carbocycles. The number of amides is 3. The molecule has 8 heteroatoms. The van der Waals surface area contributed by atoms with E-state index in [2.05, 4.69) is 15.5 Å². The average Bonchev–Trinajstić information content (AvgIpc) is 2.91. The van der Waals surface area contributed by atoms with Crippen LogP contribution in [0.25, 0.3) is 0 Å². The molecule has 3 heterocycles. The van der Waals surface area contributed by atoms with Crippen LogP contribution in [0.4, 0.5) is 0 Å². The number of nitrogens with zero attached hydrogens (tertiary/aromatic N) is 2. The van der Waals surface area contributed by atoms with Crippen molar-refractivity contribution >= 4 is 17.7 Å². The molecular formula is C19H24N4O4. The smallest absolute Gasteiger partial charge is 0.255 e. The summed E-state index contributed by atoms with van der Waals surface area (Å²) in [6.07, 6.45) is 0.615. The third-order valence-corrected chi connectivity index (χ3v) is 5.57. The highest BCUT2D eigenvalue weighted by atomic mass is 16.3. The molecule has 2 fully saturated rings. The molecule has 144 valence electrons. The number of β-amino-alcohol motifs (C(OH)–C–C–N with tert-alkyl or cyclic N) is 1. The minimum atomic E-state index is -0.713. The fourth-order valence-corrected chi connectivity index (χ4v) is 4.40. The fourth-order valence-electron chi connectivity index (χ4n) is 4.40. The zero-order valence-corrected chi connectivity index (χ0v) is 15.3. The highest BCUT2D eigenvalue weighted by Crippen LogP contribution is 2.32. The van der Waals surface area contributed by atoms with Crippen molar-refractivity contribution in [3.05, 3.63) is 34.9 Å². The maximum atomic E-state index is 13.0. The van der Waals surface area contributed by atoms with E-state index in [0.29, 0.717) is 44.7 Å². The first kappa shape index (κ1) is 18.1. The van der Waals surface area contributed by atoms with E-state index in [0.717, 1.165) is 11.1 Å². The van der Waals surface area contributed by atoms with E-state index in [-0.39, 0.29) is 18.2 Å². The third kappa shape index (κ3) is 3.24. The first-order valence-corrected chi connectivity index (χ1v) is 9.25. The number of fused-ring (bicyclic) bond motifs is 1. The molecule has 3 N–H and O–H groups in total. The van der Waals surface area contributed by atoms with Crippen LogP contribution in [0.2, 0.25) is 0 Å². The number of likely N-dealkylation sites (tertiary alicyclic amines) is 1. The lowest BCUT2D eigenvalue weighted by atomic mass is 9.92. The van der Waals surface area contributed by atoms with Gasteiger partial charge in [-0.3, -0.25) is 24.6 Å². The Kier molecular flexibility index (Phi) is 4.49. The second kappa shape index (κ2) is 6.70. The SMILES string of the molecule is CNCC1(O)CN(Cc2cccc3c2C(=O)N(C2CCC(=O)NC2=O)C3)C1. The minimum absolute atomic E-state index is 0.152. The van der Waals surface area contributed by atoms with Gasteiger partial charge < -0.3 is 15.3 Å². The molecule has 3 amide bonds. The summed E-state index contributed by atoms with van der Waals surface area (Å²) in [5.41, 5.74) is 1.77. The van der Waals surface area contributed by atoms with Gasteiger partial charge in [0.2, 0.25) is 11.8 Å². The van der Waals surface area contributed by atoms with Crippen LogP contribution < -0.4 is 10.6 Å². The van der Waals surface area contributed by atoms with Crippen LogP contribution in [0.15, 0.2) is 18.2 Å². The first-order chi connectivity index (χ1) is 12.9. The van der Waals surface area contributed by atoms with Gasteiger partial charge in [-0.15, -0.1) is 0 Å². The Morgan fingerprint density at radius 3 is 2.78 bits per heavy atom. The lowest BCUT2D eigenvalue weighted by Crippen LogP contribution is -2.65. The van der Waals surface area contributed by atoms with Crippen molar-refractivity contribution < 1.29 is 19.5 Å². The van der Waals surface area contributed by atoms with Gasteiger partial charge >= 0.3 is 0 Å². The molecule has 1 atom stereocenters. The van der Waals surface area contributed by atoms with Crippen molar-refractivity contribution in [2.24, 2.45) is 0 Å². The van der Waals surface area contributed by atoms with Crippen LogP contribution in [-0.2, 0) is 22.7 Å². The number of benzene rings is 1. The van der Waals surface area contributed by atoms with Crippen LogP contribution in [-0.4, -0.2) is 71.0 Å². The van der Waals surface area contributed by atoms with Gasteiger partial charge in [-0.25, -0.2) is 0 Å². The van der Waals surface area contributed by atoms with Crippen LogP contribution in [0, 0.1) is 0 Å². The molecule has 3 aliphatic rings. The normalized spacial score (nSPS) is 24.6. The van der Waals surface area contributed by atoms with Crippen molar-refractivity contribution in [3.8, 4) is 0 Å². The Labute approximate surface area is 157 Å². The molecule has 0 aliphatic carbocycles. The number of hydrogen-bond acceptors (Lipinski definition) is 6. The summed E-state index contributed by atoms with van der Waals surface area (Å²) >= 11 is 0. The number of rotatable bonds is 5. The zero-order chi connectivity index (χ0) is 19.2. The molecule has 27 heavy (non-hydrogen) atoms. The summed E-state index contributed by atoms with van der Waals surface area (Å²) in [5, 5.41) is 15.6. The number of likely N-dealkylation sites (N-methyl/N-ethyl adjacent to an activating group) is 1. The van der Waals surface area contributed by atoms with E-state index >= 15 is 0 Å². The number of aliphatic hydroxyl groups is 1. The van der Waals surface area contributed by atoms with E-state index in [9.17, 15) is 19.5 Å². The molecule has 1 aromatic rings. The maximum Gasteiger partial charge on any atom is 0.255 e. The molecule has 0 radical (unpaired) electrons. The summed E-state index contributed by atoms with van der Waals surface area (Å²) in [4.78, 5) is 40.3. The standard InChI is InChI=1S/C19H24N4O4/c1-20-9-19(27)10-22(11-19)7-12-3-2-4-13-8-23(18(26)16(12)13)14-5-6-15(24)21-17(14)25/h2-4,14,20,27H,5-11H2,1H3,(H,21,24,25). The summed E-state index contributed by atoms with van der Waals surface area (Å²) in [5.74, 6) is -0.831. The second-order valence-electron chi connectivity index (χ2n) is 7.75. The predicted molar refractivity (Wildman–Crippen MR) is 96.6 cm³/mol. The molecule has 0 aromatic heterocycles. The van der Waals surface area contributed by atoms with E-state index in [1.165, 1.54) is 0 Å². The van der Waals surface area contributed by atoms with Gasteiger partial charge in [-0.1, -0.05) is 18.2 Å². The van der Waals surface area contributed by atoms with Gasteiger partial charge in [0.05, 0.1) is 0 Å². The number of hydrogen-bond donors (Lipinski definition) is 3. The minimum Gasteiger partial charge on any atom is -0.386 e. The number of carbonyl (C=O) groups is 3. The largest absolute Gasteiger partial charge is 0.386 e. The monoisotopic (exact) mass is 372 g/mol. The second-order valence-corrected chi connectivity index (χ2v) is 7.75. The van der Waals surface area contributed by atoms with Crippen molar-refractivity contribution in [2.45, 2.75) is 37.6 Å². The molecular weight excluding hydrogens is 348 g/mol. The Hall–Kier alpha value is -2.29. The molecule has 0 saturated carbocycles. The van der Waals surface area contributed by atoms with Crippen molar-refractivity contribution in [1.82, 2.24) is 20.4 Å². The van der Waals surface area contributed by atoms with E-state index in [4.69, 9.17) is 0 Å². The van der Waals surface area contributed by atoms with Gasteiger partial charge in [-0.2, -0.15) is 0 Å². The molecule has 0 bridgehead atoms. The summed E-state index contributed by atoms with van der Waals surface area (Å²) in [6.45, 7) is 2.63. The lowest BCUT2D eigenvalue weighted by molar-refractivity contribution is -0.136. The van der Waals surface area contributed by atoms with Gasteiger partial charge in [0, 0.05) is 44.7 Å². The number of nitrogens with one attached hydrogen (secondary N) is 2. The molecule has 4 rings (SSSR count). The van der Waals surface area contributed by atoms with Crippen molar-refractivity contribution in [1.29, 1.82) is 0 Å². The van der Waals surface area contributed by atoms with Crippen LogP contribution >= 0.6 is 0 Å². The van der Waals surface area contributed by atoms with Gasteiger partial charge in [-0.05, 0) is 24.6 Å². The lowest BCUT2D eigenvalue weighted by Gasteiger charge is -2.46. The average molecular weight is 372 g/mol. The first-order valence-electron chi connectivity index (χ1n) is 9.25. The fraction of sp³-hybridized carbons (Fsp3) is 0.526. The Bertz CT molecular complexity index is 803. The third-order valence-electron chi connectivity index (χ3n) is 5.57. The summed E-state index contributed by atoms with van der Waals surface area (Å²) in [7, 11) is 1.81. The number of carbonyl (C=O) groups excluding carboxylic acids is 3. The maximum absolute atomic E-state index is 13.0. The Balaban J connectivity index is 1.49. The molecule has 1 unspecified atom stereocenters. The number of imide groups is 1. The molecule has 8 nitrogen and oxygen atoms in total. The predicted octanol–water partition coefficient (Wildman–Crippen LogP) is -0.786. The van der Waals surface area contributed by atoms with E-state index in [1.807, 2.05) is 25.2 Å². The van der Waals surface area contributed by atoms with E-state index < -0.39 is 17.6 Å². The van der Waals surface area contributed by atoms with Gasteiger partial charge in [0.1, 0.15) is 11.6 Å². The van der Waals surface area contributed by atoms with Crippen molar-refractivity contribution in [2.75, 3.05) is 26.7 Å². The highest BCUT2D eigenvalue weighted by molar-refractivity contribution is 6.05. The van der Waals surface area contributed by atoms with Crippen LogP contribution in [0.1, 0.15) is 34.3 Å². The Morgan fingerprint density at radius 1 is 1.30 bits per heavy atom. The van der Waals surface area contributed by atoms with Crippen LogP contribution in [0.5, 0.6) is 0 Å². The van der Waals surface area contributed by atoms with Crippen LogP contribution in [0.3, 0.4) is 0 Å². The number of piperidine rings is 1. The van der Waals surface area contributed by atoms with Gasteiger partial charge in [0.25, 0.3) is 5.91 Å². The highest BCUT2D eigenvalue weighted by Gasteiger charge is 2.43. The molecule has 2 saturated heterocycles. The summed E-state index contributed by atoms with van der Waals surface area (Å²) in [6, 6.07) is 5.17. The molecule has 3 aliphatic heterocycles. The van der Waals surface area contributed by atoms with Crippen molar-refractivity contribution in [3.63, 3.8) is 0 Å². The zero-order valence-electron chi connectivity index (χ0n) is 15.3.